The van der Waals surface area contributed by atoms with Gasteiger partial charge in [0.05, 0.1) is 10.5 Å². The minimum Gasteiger partial charge on any atom is -0.415 e. The molecular formula is C10H17NO4S. The number of rotatable bonds is 5. The first-order chi connectivity index (χ1) is 7.33. The standard InChI is InChI=1S/C10H17NO4S/c1-4-5-10(6-7-10)16(13,14)11-9(12)15-8(2)3/h2,4-7H2,1,3H3,(H,11,12). The number of amides is 1. The zero-order valence-corrected chi connectivity index (χ0v) is 10.4. The second-order valence-electron chi connectivity index (χ2n) is 4.13. The fraction of sp³-hybridized carbons (Fsp3) is 0.700. The van der Waals surface area contributed by atoms with Gasteiger partial charge in [-0.1, -0.05) is 19.9 Å². The lowest BCUT2D eigenvalue weighted by atomic mass is 10.2. The van der Waals surface area contributed by atoms with Crippen molar-refractivity contribution in [3.05, 3.63) is 12.3 Å². The monoisotopic (exact) mass is 247 g/mol. The topological polar surface area (TPSA) is 72.5 Å². The normalized spacial score (nSPS) is 17.6. The van der Waals surface area contributed by atoms with E-state index in [0.29, 0.717) is 19.3 Å². The molecule has 5 nitrogen and oxygen atoms in total. The summed E-state index contributed by atoms with van der Waals surface area (Å²) in [5.41, 5.74) is 0. The van der Waals surface area contributed by atoms with E-state index in [1.807, 2.05) is 11.6 Å². The minimum atomic E-state index is -3.62. The molecule has 0 bridgehead atoms. The van der Waals surface area contributed by atoms with E-state index in [0.717, 1.165) is 6.42 Å². The van der Waals surface area contributed by atoms with Crippen LogP contribution < -0.4 is 4.72 Å². The number of hydrogen-bond donors (Lipinski definition) is 1. The molecule has 1 aliphatic carbocycles. The molecule has 16 heavy (non-hydrogen) atoms. The Morgan fingerprint density at radius 2 is 2.06 bits per heavy atom. The van der Waals surface area contributed by atoms with Crippen LogP contribution in [0.4, 0.5) is 4.79 Å². The van der Waals surface area contributed by atoms with E-state index in [9.17, 15) is 13.2 Å². The maximum absolute atomic E-state index is 11.9. The third-order valence-electron chi connectivity index (χ3n) is 2.57. The largest absolute Gasteiger partial charge is 0.426 e. The average Bonchev–Trinajstić information content (AvgIpc) is 2.83. The molecule has 1 saturated carbocycles. The lowest BCUT2D eigenvalue weighted by Gasteiger charge is -2.15. The SMILES string of the molecule is C=C(C)OC(=O)NS(=O)(=O)C1(CCC)CC1. The summed E-state index contributed by atoms with van der Waals surface area (Å²) < 4.78 is 29.4. The second kappa shape index (κ2) is 4.45. The molecule has 0 spiro atoms. The first-order valence-corrected chi connectivity index (χ1v) is 6.71. The van der Waals surface area contributed by atoms with Crippen molar-refractivity contribution in [2.45, 2.75) is 44.3 Å². The number of carbonyl (C=O) groups is 1. The first kappa shape index (κ1) is 13.0. The molecule has 0 atom stereocenters. The summed E-state index contributed by atoms with van der Waals surface area (Å²) in [6.07, 6.45) is 1.58. The highest BCUT2D eigenvalue weighted by Crippen LogP contribution is 2.46. The van der Waals surface area contributed by atoms with Crippen LogP contribution in [-0.4, -0.2) is 19.3 Å². The highest BCUT2D eigenvalue weighted by atomic mass is 32.2. The summed E-state index contributed by atoms with van der Waals surface area (Å²) >= 11 is 0. The van der Waals surface area contributed by atoms with Crippen LogP contribution >= 0.6 is 0 Å². The molecule has 0 aromatic rings. The van der Waals surface area contributed by atoms with Gasteiger partial charge in [-0.2, -0.15) is 0 Å². The molecule has 1 N–H and O–H groups in total. The van der Waals surface area contributed by atoms with Gasteiger partial charge in [-0.3, -0.25) is 0 Å². The van der Waals surface area contributed by atoms with Crippen molar-refractivity contribution in [2.24, 2.45) is 0 Å². The van der Waals surface area contributed by atoms with Gasteiger partial charge in [0.15, 0.2) is 0 Å². The molecular weight excluding hydrogens is 230 g/mol. The highest BCUT2D eigenvalue weighted by Gasteiger charge is 2.54. The molecule has 0 radical (unpaired) electrons. The number of nitrogens with one attached hydrogen (secondary N) is 1. The van der Waals surface area contributed by atoms with Gasteiger partial charge in [0.2, 0.25) is 10.0 Å². The summed E-state index contributed by atoms with van der Waals surface area (Å²) in [5.74, 6) is 0.160. The lowest BCUT2D eigenvalue weighted by Crippen LogP contribution is -2.39. The van der Waals surface area contributed by atoms with E-state index in [1.54, 1.807) is 0 Å². The van der Waals surface area contributed by atoms with Crippen LogP contribution in [0.1, 0.15) is 39.5 Å². The molecule has 0 aromatic carbocycles. The van der Waals surface area contributed by atoms with Crippen LogP contribution in [0.25, 0.3) is 0 Å². The second-order valence-corrected chi connectivity index (χ2v) is 6.21. The average molecular weight is 247 g/mol. The minimum absolute atomic E-state index is 0.160. The van der Waals surface area contributed by atoms with Gasteiger partial charge in [-0.05, 0) is 26.2 Å². The maximum Gasteiger partial charge on any atom is 0.426 e. The quantitative estimate of drug-likeness (QED) is 0.753. The molecule has 1 aliphatic rings. The summed E-state index contributed by atoms with van der Waals surface area (Å²) in [6, 6.07) is 0. The summed E-state index contributed by atoms with van der Waals surface area (Å²) in [4.78, 5) is 11.2. The van der Waals surface area contributed by atoms with Crippen LogP contribution in [0.3, 0.4) is 0 Å². The fourth-order valence-electron chi connectivity index (χ4n) is 1.65. The van der Waals surface area contributed by atoms with E-state index in [4.69, 9.17) is 0 Å². The Hall–Kier alpha value is -1.04. The Balaban J connectivity index is 2.66. The Kier molecular flexibility index (Phi) is 3.62. The van der Waals surface area contributed by atoms with Crippen molar-refractivity contribution in [3.8, 4) is 0 Å². The van der Waals surface area contributed by atoms with Crippen LogP contribution in [-0.2, 0) is 14.8 Å². The van der Waals surface area contributed by atoms with Gasteiger partial charge in [0, 0.05) is 0 Å². The Labute approximate surface area is 95.9 Å². The molecule has 0 aromatic heterocycles. The number of sulfonamides is 1. The van der Waals surface area contributed by atoms with Crippen molar-refractivity contribution < 1.29 is 17.9 Å². The molecule has 1 amide bonds. The number of ether oxygens (including phenoxy) is 1. The van der Waals surface area contributed by atoms with E-state index in [2.05, 4.69) is 11.3 Å². The van der Waals surface area contributed by atoms with Crippen molar-refractivity contribution in [1.29, 1.82) is 0 Å². The third kappa shape index (κ3) is 2.75. The maximum atomic E-state index is 11.9. The molecule has 92 valence electrons. The summed E-state index contributed by atoms with van der Waals surface area (Å²) in [7, 11) is -3.62. The lowest BCUT2D eigenvalue weighted by molar-refractivity contribution is 0.183. The van der Waals surface area contributed by atoms with Gasteiger partial charge in [0.25, 0.3) is 0 Å². The summed E-state index contributed by atoms with van der Waals surface area (Å²) in [6.45, 7) is 6.76. The van der Waals surface area contributed by atoms with Crippen LogP contribution in [0.2, 0.25) is 0 Å². The van der Waals surface area contributed by atoms with Crippen molar-refractivity contribution in [1.82, 2.24) is 4.72 Å². The third-order valence-corrected chi connectivity index (χ3v) is 4.76. The van der Waals surface area contributed by atoms with Crippen molar-refractivity contribution in [3.63, 3.8) is 0 Å². The molecule has 6 heteroatoms. The van der Waals surface area contributed by atoms with E-state index < -0.39 is 20.9 Å². The summed E-state index contributed by atoms with van der Waals surface area (Å²) in [5, 5.41) is 0. The Bertz CT molecular complexity index is 395. The van der Waals surface area contributed by atoms with E-state index in [1.165, 1.54) is 6.92 Å². The van der Waals surface area contributed by atoms with E-state index in [-0.39, 0.29) is 5.76 Å². The number of hydrogen-bond acceptors (Lipinski definition) is 4. The van der Waals surface area contributed by atoms with Crippen molar-refractivity contribution in [2.75, 3.05) is 0 Å². The van der Waals surface area contributed by atoms with Gasteiger partial charge in [-0.25, -0.2) is 17.9 Å². The first-order valence-electron chi connectivity index (χ1n) is 5.23. The van der Waals surface area contributed by atoms with E-state index >= 15 is 0 Å². The zero-order chi connectivity index (χ0) is 12.4. The Morgan fingerprint density at radius 1 is 1.50 bits per heavy atom. The van der Waals surface area contributed by atoms with Crippen molar-refractivity contribution >= 4 is 16.1 Å². The molecule has 0 heterocycles. The smallest absolute Gasteiger partial charge is 0.415 e. The van der Waals surface area contributed by atoms with Gasteiger partial charge in [0.1, 0.15) is 0 Å². The molecule has 1 fully saturated rings. The predicted molar refractivity (Wildman–Crippen MR) is 60.2 cm³/mol. The van der Waals surface area contributed by atoms with Crippen LogP contribution in [0.15, 0.2) is 12.3 Å². The molecule has 1 rings (SSSR count). The predicted octanol–water partition coefficient (Wildman–Crippen LogP) is 1.91. The van der Waals surface area contributed by atoms with Gasteiger partial charge in [-0.15, -0.1) is 0 Å². The molecule has 0 aliphatic heterocycles. The Morgan fingerprint density at radius 3 is 2.44 bits per heavy atom. The van der Waals surface area contributed by atoms with Gasteiger partial charge >= 0.3 is 6.09 Å². The van der Waals surface area contributed by atoms with Crippen LogP contribution in [0, 0.1) is 0 Å². The van der Waals surface area contributed by atoms with Crippen LogP contribution in [0.5, 0.6) is 0 Å². The number of allylic oxidation sites excluding steroid dienone is 1. The fourth-order valence-corrected chi connectivity index (χ4v) is 3.24. The van der Waals surface area contributed by atoms with Gasteiger partial charge < -0.3 is 4.74 Å². The molecule has 0 saturated heterocycles. The zero-order valence-electron chi connectivity index (χ0n) is 9.58. The molecule has 0 unspecified atom stereocenters. The number of carbonyl (C=O) groups excluding carboxylic acids is 1. The highest BCUT2D eigenvalue weighted by molar-refractivity contribution is 7.91.